The zero-order valence-corrected chi connectivity index (χ0v) is 45.9. The third kappa shape index (κ3) is 17.0. The van der Waals surface area contributed by atoms with Crippen molar-refractivity contribution in [2.24, 2.45) is 23.7 Å². The topological polar surface area (TPSA) is 209 Å². The van der Waals surface area contributed by atoms with E-state index in [2.05, 4.69) is 74.7 Å². The lowest BCUT2D eigenvalue weighted by molar-refractivity contribution is -0.125. The number of piperidine rings is 4. The van der Waals surface area contributed by atoms with Crippen LogP contribution >= 0.6 is 11.6 Å². The molecule has 4 aromatic carbocycles. The molecule has 5 N–H and O–H groups in total. The molecule has 8 heterocycles. The van der Waals surface area contributed by atoms with Crippen LogP contribution in [0, 0.1) is 23.7 Å². The second-order valence-electron chi connectivity index (χ2n) is 21.3. The fraction of sp³-hybridized carbons (Fsp3) is 0.492. The first-order valence-corrected chi connectivity index (χ1v) is 27.9. The molecule has 8 aliphatic rings. The number of rotatable bonds is 7. The molecule has 0 bridgehead atoms. The summed E-state index contributed by atoms with van der Waals surface area (Å²) in [6.07, 6.45) is 9.90. The second-order valence-corrected chi connectivity index (χ2v) is 21.7. The summed E-state index contributed by atoms with van der Waals surface area (Å²) in [5.74, 6) is 5.21. The SMILES string of the molecule is CN1CCC(C(=O)c2ccc3c(c2)NC(=O)CO3)CC1.CN1CCC(CCl)C(=O)C1.CN1CCC(Cc2ccc3c(c2)NC(=O)CO3)CC1.O=C1COc2ccc(CC3CCNCC3)cc2N1.O=C1COc2ccccc2N1. The number of likely N-dealkylation sites (N-methyl/N-ethyl adjacent to an activating group) is 1. The molecular weight excluding hydrogens is 1020 g/mol. The summed E-state index contributed by atoms with van der Waals surface area (Å²) in [5, 5.41) is 14.5. The molecule has 1 atom stereocenters. The number of hydrogen-bond acceptors (Lipinski definition) is 14. The number of fused-ring (bicyclic) bond motifs is 4. The molecule has 0 spiro atoms. The van der Waals surface area contributed by atoms with Gasteiger partial charge in [0.1, 0.15) is 23.0 Å². The number of carbonyl (C=O) groups excluding carboxylic acids is 6. The summed E-state index contributed by atoms with van der Waals surface area (Å²) in [5.41, 5.74) is 6.22. The monoisotopic (exact) mass is 1090 g/mol. The summed E-state index contributed by atoms with van der Waals surface area (Å²) in [6, 6.07) is 24.9. The second kappa shape index (κ2) is 28.4. The molecule has 0 saturated carbocycles. The highest BCUT2D eigenvalue weighted by Crippen LogP contribution is 2.34. The van der Waals surface area contributed by atoms with Gasteiger partial charge in [0.25, 0.3) is 23.6 Å². The molecular formula is C59H75ClN8O10. The molecule has 418 valence electrons. The average Bonchev–Trinajstić information content (AvgIpc) is 3.48. The van der Waals surface area contributed by atoms with Crippen LogP contribution in [0.1, 0.15) is 66.4 Å². The Labute approximate surface area is 462 Å². The molecule has 0 radical (unpaired) electrons. The summed E-state index contributed by atoms with van der Waals surface area (Å²) in [7, 11) is 6.22. The van der Waals surface area contributed by atoms with Gasteiger partial charge < -0.3 is 55.3 Å². The number of nitrogens with zero attached hydrogens (tertiary/aromatic N) is 3. The highest BCUT2D eigenvalue weighted by molar-refractivity contribution is 6.19. The van der Waals surface area contributed by atoms with Crippen molar-refractivity contribution in [3.8, 4) is 23.0 Å². The number of carbonyl (C=O) groups is 6. The molecule has 0 aliphatic carbocycles. The van der Waals surface area contributed by atoms with Gasteiger partial charge >= 0.3 is 0 Å². The number of amides is 4. The van der Waals surface area contributed by atoms with Crippen LogP contribution in [-0.2, 0) is 36.8 Å². The van der Waals surface area contributed by atoms with E-state index in [1.165, 1.54) is 49.9 Å². The Hall–Kier alpha value is -6.57. The number of para-hydroxylation sites is 2. The third-order valence-electron chi connectivity index (χ3n) is 15.1. The molecule has 4 saturated heterocycles. The van der Waals surface area contributed by atoms with Gasteiger partial charge in [0.15, 0.2) is 38.0 Å². The summed E-state index contributed by atoms with van der Waals surface area (Å²) in [4.78, 5) is 75.0. The van der Waals surface area contributed by atoms with Crippen molar-refractivity contribution in [1.82, 2.24) is 20.0 Å². The highest BCUT2D eigenvalue weighted by atomic mass is 35.5. The van der Waals surface area contributed by atoms with E-state index in [1.54, 1.807) is 18.2 Å². The zero-order valence-electron chi connectivity index (χ0n) is 45.2. The smallest absolute Gasteiger partial charge is 0.262 e. The average molecular weight is 1090 g/mol. The van der Waals surface area contributed by atoms with Crippen LogP contribution in [0.2, 0.25) is 0 Å². The molecule has 4 fully saturated rings. The van der Waals surface area contributed by atoms with Gasteiger partial charge in [-0.15, -0.1) is 11.6 Å². The van der Waals surface area contributed by atoms with Crippen molar-refractivity contribution in [2.45, 2.75) is 57.8 Å². The standard InChI is InChI=1S/C15H18N2O3.C15H20N2O2.C14H18N2O2.C8H7NO2.C7H12ClNO/c1-17-6-4-10(5-7-17)15(19)11-2-3-13-12(8-11)16-14(18)9-20-13;1-17-6-4-11(5-7-17)8-12-2-3-14-13(9-12)16-15(18)10-19-14;17-14-9-18-13-2-1-11(8-12(13)16-14)7-10-3-5-15-6-4-10;10-8-5-11-7-4-2-1-3-6(7)9-8;1-9-3-2-6(4-8)7(10)5-9/h2-3,8,10H,4-7,9H2,1H3,(H,16,18);2-3,9,11H,4-8,10H2,1H3,(H,16,18);1-2,8,10,15H,3-7,9H2,(H,16,17);1-4H,5H2,(H,9,10);6H,2-5H2,1H3. The Bertz CT molecular complexity index is 2740. The van der Waals surface area contributed by atoms with Gasteiger partial charge in [-0.2, -0.15) is 0 Å². The van der Waals surface area contributed by atoms with Crippen molar-refractivity contribution in [1.29, 1.82) is 0 Å². The molecule has 1 unspecified atom stereocenters. The van der Waals surface area contributed by atoms with E-state index in [0.29, 0.717) is 35.2 Å². The van der Waals surface area contributed by atoms with E-state index in [9.17, 15) is 28.8 Å². The number of ketones is 2. The fourth-order valence-electron chi connectivity index (χ4n) is 10.5. The summed E-state index contributed by atoms with van der Waals surface area (Å²) in [6.45, 7) is 8.53. The van der Waals surface area contributed by atoms with Crippen molar-refractivity contribution < 1.29 is 47.7 Å². The molecule has 8 aliphatic heterocycles. The lowest BCUT2D eigenvalue weighted by atomic mass is 9.89. The lowest BCUT2D eigenvalue weighted by Crippen LogP contribution is -2.38. The number of ether oxygens (including phenoxy) is 4. The van der Waals surface area contributed by atoms with E-state index in [0.717, 1.165) is 111 Å². The number of halogens is 1. The van der Waals surface area contributed by atoms with Crippen molar-refractivity contribution >= 4 is 69.5 Å². The van der Waals surface area contributed by atoms with Crippen molar-refractivity contribution in [3.05, 3.63) is 95.6 Å². The van der Waals surface area contributed by atoms with Gasteiger partial charge in [-0.1, -0.05) is 24.3 Å². The maximum absolute atomic E-state index is 12.5. The molecule has 78 heavy (non-hydrogen) atoms. The number of nitrogens with one attached hydrogen (secondary N) is 5. The fourth-order valence-corrected chi connectivity index (χ4v) is 10.8. The van der Waals surface area contributed by atoms with Gasteiger partial charge in [0.05, 0.1) is 29.3 Å². The Morgan fingerprint density at radius 2 is 0.949 bits per heavy atom. The van der Waals surface area contributed by atoms with Crippen LogP contribution < -0.4 is 45.5 Å². The molecule has 19 heteroatoms. The Balaban J connectivity index is 0.000000132. The van der Waals surface area contributed by atoms with E-state index in [-0.39, 0.29) is 67.7 Å². The van der Waals surface area contributed by atoms with Crippen LogP contribution in [0.3, 0.4) is 0 Å². The normalized spacial score (nSPS) is 20.5. The predicted molar refractivity (Wildman–Crippen MR) is 301 cm³/mol. The van der Waals surface area contributed by atoms with Gasteiger partial charge in [-0.05, 0) is 202 Å². The molecule has 12 rings (SSSR count). The molecule has 0 aromatic heterocycles. The molecule has 4 amide bonds. The van der Waals surface area contributed by atoms with E-state index in [4.69, 9.17) is 30.5 Å². The first-order valence-electron chi connectivity index (χ1n) is 27.3. The van der Waals surface area contributed by atoms with Crippen LogP contribution in [-0.4, -0.2) is 156 Å². The Morgan fingerprint density at radius 1 is 0.513 bits per heavy atom. The largest absolute Gasteiger partial charge is 0.482 e. The minimum atomic E-state index is -0.179. The van der Waals surface area contributed by atoms with Crippen LogP contribution in [0.15, 0.2) is 78.9 Å². The van der Waals surface area contributed by atoms with Gasteiger partial charge in [0.2, 0.25) is 0 Å². The summed E-state index contributed by atoms with van der Waals surface area (Å²) < 4.78 is 21.2. The van der Waals surface area contributed by atoms with Crippen LogP contribution in [0.4, 0.5) is 22.7 Å². The van der Waals surface area contributed by atoms with Crippen molar-refractivity contribution in [2.75, 3.05) is 127 Å². The zero-order chi connectivity index (χ0) is 55.0. The number of hydrogen-bond donors (Lipinski definition) is 5. The number of alkyl halides is 1. The first-order chi connectivity index (χ1) is 37.7. The maximum Gasteiger partial charge on any atom is 0.262 e. The van der Waals surface area contributed by atoms with Crippen molar-refractivity contribution in [3.63, 3.8) is 0 Å². The number of Topliss-reactive ketones (excluding diaryl/α,β-unsaturated/α-hetero) is 2. The number of likely N-dealkylation sites (tertiary alicyclic amines) is 3. The van der Waals surface area contributed by atoms with Crippen LogP contribution in [0.25, 0.3) is 0 Å². The minimum Gasteiger partial charge on any atom is -0.482 e. The summed E-state index contributed by atoms with van der Waals surface area (Å²) >= 11 is 5.58. The first kappa shape index (κ1) is 57.6. The molecule has 4 aromatic rings. The number of anilines is 4. The van der Waals surface area contributed by atoms with Gasteiger partial charge in [-0.3, -0.25) is 33.7 Å². The van der Waals surface area contributed by atoms with E-state index < -0.39 is 0 Å². The quantitative estimate of drug-likeness (QED) is 0.0957. The third-order valence-corrected chi connectivity index (χ3v) is 15.5. The maximum atomic E-state index is 12.5. The Morgan fingerprint density at radius 3 is 1.46 bits per heavy atom. The number of benzene rings is 4. The van der Waals surface area contributed by atoms with Gasteiger partial charge in [-0.25, -0.2) is 0 Å². The van der Waals surface area contributed by atoms with Crippen LogP contribution in [0.5, 0.6) is 23.0 Å². The minimum absolute atomic E-state index is 0.0370. The van der Waals surface area contributed by atoms with E-state index in [1.807, 2.05) is 48.3 Å². The highest BCUT2D eigenvalue weighted by Gasteiger charge is 2.27. The predicted octanol–water partition coefficient (Wildman–Crippen LogP) is 6.77. The van der Waals surface area contributed by atoms with Gasteiger partial charge in [0, 0.05) is 23.3 Å². The Kier molecular flexibility index (Phi) is 20.9. The van der Waals surface area contributed by atoms with E-state index >= 15 is 0 Å². The lowest BCUT2D eigenvalue weighted by Gasteiger charge is -2.29. The molecule has 18 nitrogen and oxygen atoms in total.